The van der Waals surface area contributed by atoms with Crippen LogP contribution in [0.25, 0.3) is 0 Å². The van der Waals surface area contributed by atoms with E-state index in [9.17, 15) is 14.7 Å². The quantitative estimate of drug-likeness (QED) is 0.613. The second kappa shape index (κ2) is 5.97. The summed E-state index contributed by atoms with van der Waals surface area (Å²) in [5.41, 5.74) is 0.926. The van der Waals surface area contributed by atoms with Gasteiger partial charge in [0.15, 0.2) is 0 Å². The zero-order valence-corrected chi connectivity index (χ0v) is 15.7. The molecule has 1 aliphatic heterocycles. The van der Waals surface area contributed by atoms with Crippen LogP contribution in [0.15, 0.2) is 22.8 Å². The zero-order valence-electron chi connectivity index (χ0n) is 15.7. The van der Waals surface area contributed by atoms with Crippen molar-refractivity contribution in [3.05, 3.63) is 22.8 Å². The first-order valence-electron chi connectivity index (χ1n) is 9.08. The van der Waals surface area contributed by atoms with Crippen molar-refractivity contribution in [1.82, 2.24) is 0 Å². The van der Waals surface area contributed by atoms with E-state index in [1.165, 1.54) is 0 Å². The first kappa shape index (κ1) is 18.2. The molecular weight excluding hydrogens is 320 g/mol. The number of fused-ring (bicyclic) bond motifs is 2. The van der Waals surface area contributed by atoms with Crippen molar-refractivity contribution >= 4 is 11.9 Å². The Morgan fingerprint density at radius 1 is 1.40 bits per heavy atom. The molecule has 1 N–H and O–H groups in total. The molecule has 0 unspecified atom stereocenters. The lowest BCUT2D eigenvalue weighted by Crippen LogP contribution is -2.61. The Bertz CT molecular complexity index is 676. The number of aliphatic hydroxyl groups is 1. The van der Waals surface area contributed by atoms with E-state index in [2.05, 4.69) is 13.8 Å². The number of allylic oxidation sites excluding steroid dienone is 1. The van der Waals surface area contributed by atoms with Gasteiger partial charge in [0.25, 0.3) is 0 Å². The number of esters is 2. The van der Waals surface area contributed by atoms with Crippen molar-refractivity contribution in [3.63, 3.8) is 0 Å². The third-order valence-corrected chi connectivity index (χ3v) is 6.87. The highest BCUT2D eigenvalue weighted by molar-refractivity contribution is 5.91. The van der Waals surface area contributed by atoms with Gasteiger partial charge in [0, 0.05) is 29.4 Å². The smallest absolute Gasteiger partial charge is 0.334 e. The number of hydrogen-bond donors (Lipinski definition) is 1. The van der Waals surface area contributed by atoms with Crippen molar-refractivity contribution in [2.45, 2.75) is 78.1 Å². The van der Waals surface area contributed by atoms with E-state index in [1.807, 2.05) is 6.92 Å². The van der Waals surface area contributed by atoms with Gasteiger partial charge in [0.1, 0.15) is 12.2 Å². The number of ether oxygens (including phenoxy) is 2. The van der Waals surface area contributed by atoms with Crippen molar-refractivity contribution in [2.75, 3.05) is 0 Å². The zero-order chi connectivity index (χ0) is 18.6. The molecule has 5 heteroatoms. The van der Waals surface area contributed by atoms with E-state index in [-0.39, 0.29) is 35.5 Å². The van der Waals surface area contributed by atoms with Crippen LogP contribution in [0.3, 0.4) is 0 Å². The average molecular weight is 348 g/mol. The summed E-state index contributed by atoms with van der Waals surface area (Å²) in [6.45, 7) is 9.53. The average Bonchev–Trinajstić information content (AvgIpc) is 2.79. The standard InChI is InChI=1S/C20H28O5/c1-6-11(2)17(21)24-14-7-12(3)19(5)9-15-13(4)18(22)25-16(15)10-20(19,23)8-14/h6,12,14,16,23H,7-10H2,1-5H3/b11-6+/t12-,14+,16-,19+,20-/m0/s1. The third-order valence-electron chi connectivity index (χ3n) is 6.87. The minimum atomic E-state index is -1.02. The van der Waals surface area contributed by atoms with Crippen molar-refractivity contribution in [1.29, 1.82) is 0 Å². The Labute approximate surface area is 149 Å². The molecule has 0 amide bonds. The molecule has 3 rings (SSSR count). The first-order chi connectivity index (χ1) is 11.6. The van der Waals surface area contributed by atoms with Crippen molar-refractivity contribution < 1.29 is 24.2 Å². The predicted molar refractivity (Wildman–Crippen MR) is 92.6 cm³/mol. The molecule has 2 saturated carbocycles. The molecule has 0 saturated heterocycles. The molecular formula is C20H28O5. The number of hydrogen-bond acceptors (Lipinski definition) is 5. The van der Waals surface area contributed by atoms with Gasteiger partial charge in [-0.1, -0.05) is 19.9 Å². The van der Waals surface area contributed by atoms with Crippen LogP contribution in [0.5, 0.6) is 0 Å². The maximum atomic E-state index is 12.1. The molecule has 138 valence electrons. The summed E-state index contributed by atoms with van der Waals surface area (Å²) in [6, 6.07) is 0. The summed E-state index contributed by atoms with van der Waals surface area (Å²) in [4.78, 5) is 24.0. The van der Waals surface area contributed by atoms with Crippen LogP contribution >= 0.6 is 0 Å². The summed E-state index contributed by atoms with van der Waals surface area (Å²) in [7, 11) is 0. The van der Waals surface area contributed by atoms with Crippen LogP contribution in [-0.2, 0) is 19.1 Å². The number of carbonyl (C=O) groups excluding carboxylic acids is 2. The topological polar surface area (TPSA) is 72.8 Å². The highest BCUT2D eigenvalue weighted by atomic mass is 16.6. The minimum absolute atomic E-state index is 0.159. The van der Waals surface area contributed by atoms with Gasteiger partial charge >= 0.3 is 11.9 Å². The Hall–Kier alpha value is -1.62. The molecule has 2 aliphatic carbocycles. The van der Waals surface area contributed by atoms with E-state index in [0.29, 0.717) is 36.8 Å². The van der Waals surface area contributed by atoms with E-state index in [1.54, 1.807) is 19.9 Å². The van der Waals surface area contributed by atoms with Crippen molar-refractivity contribution in [3.8, 4) is 0 Å². The van der Waals surface area contributed by atoms with Crippen LogP contribution in [0.1, 0.15) is 60.3 Å². The van der Waals surface area contributed by atoms with Gasteiger partial charge in [-0.2, -0.15) is 0 Å². The molecule has 0 spiro atoms. The fraction of sp³-hybridized carbons (Fsp3) is 0.700. The molecule has 3 aliphatic rings. The van der Waals surface area contributed by atoms with Crippen LogP contribution in [0, 0.1) is 11.3 Å². The van der Waals surface area contributed by atoms with Gasteiger partial charge in [-0.25, -0.2) is 9.59 Å². The van der Waals surface area contributed by atoms with E-state index in [4.69, 9.17) is 9.47 Å². The van der Waals surface area contributed by atoms with Gasteiger partial charge in [-0.3, -0.25) is 0 Å². The normalized spacial score (nSPS) is 41.1. The second-order valence-electron chi connectivity index (χ2n) is 8.21. The molecule has 2 fully saturated rings. The van der Waals surface area contributed by atoms with E-state index in [0.717, 1.165) is 5.57 Å². The maximum absolute atomic E-state index is 12.1. The number of rotatable bonds is 2. The SMILES string of the molecule is C/C=C(\C)C(=O)O[C@@H]1C[C@H](C)[C@@]2(C)CC3=C(C)C(=O)O[C@H]3C[C@@]2(O)C1. The lowest BCUT2D eigenvalue weighted by molar-refractivity contribution is -0.200. The highest BCUT2D eigenvalue weighted by Gasteiger charge is 2.61. The fourth-order valence-corrected chi connectivity index (χ4v) is 4.69. The Balaban J connectivity index is 1.85. The Kier molecular flexibility index (Phi) is 4.34. The largest absolute Gasteiger partial charge is 0.459 e. The highest BCUT2D eigenvalue weighted by Crippen LogP contribution is 2.59. The van der Waals surface area contributed by atoms with Gasteiger partial charge in [-0.05, 0) is 45.1 Å². The summed E-state index contributed by atoms with van der Waals surface area (Å²) in [5.74, 6) is -0.441. The molecule has 1 heterocycles. The summed E-state index contributed by atoms with van der Waals surface area (Å²) in [5, 5.41) is 11.5. The molecule has 0 aromatic heterocycles. The van der Waals surface area contributed by atoms with Crippen molar-refractivity contribution in [2.24, 2.45) is 11.3 Å². The maximum Gasteiger partial charge on any atom is 0.334 e. The molecule has 0 aromatic rings. The van der Waals surface area contributed by atoms with Gasteiger partial charge in [-0.15, -0.1) is 0 Å². The van der Waals surface area contributed by atoms with Crippen LogP contribution < -0.4 is 0 Å². The lowest BCUT2D eigenvalue weighted by atomic mass is 9.51. The van der Waals surface area contributed by atoms with Gasteiger partial charge in [0.2, 0.25) is 0 Å². The van der Waals surface area contributed by atoms with Crippen LogP contribution in [0.2, 0.25) is 0 Å². The Morgan fingerprint density at radius 2 is 2.08 bits per heavy atom. The lowest BCUT2D eigenvalue weighted by Gasteiger charge is -2.57. The monoisotopic (exact) mass is 348 g/mol. The first-order valence-corrected chi connectivity index (χ1v) is 9.08. The summed E-state index contributed by atoms with van der Waals surface area (Å²) >= 11 is 0. The Morgan fingerprint density at radius 3 is 2.72 bits per heavy atom. The van der Waals surface area contributed by atoms with Crippen LogP contribution in [-0.4, -0.2) is 34.9 Å². The molecule has 25 heavy (non-hydrogen) atoms. The van der Waals surface area contributed by atoms with E-state index < -0.39 is 5.60 Å². The van der Waals surface area contributed by atoms with Gasteiger partial charge < -0.3 is 14.6 Å². The second-order valence-corrected chi connectivity index (χ2v) is 8.21. The molecule has 0 radical (unpaired) electrons. The molecule has 0 bridgehead atoms. The predicted octanol–water partition coefficient (Wildman–Crippen LogP) is 3.07. The molecule has 5 nitrogen and oxygen atoms in total. The molecule has 5 atom stereocenters. The third kappa shape index (κ3) is 2.73. The summed E-state index contributed by atoms with van der Waals surface area (Å²) in [6.07, 6.45) is 3.20. The minimum Gasteiger partial charge on any atom is -0.459 e. The van der Waals surface area contributed by atoms with Gasteiger partial charge in [0.05, 0.1) is 5.60 Å². The number of carbonyl (C=O) groups is 2. The summed E-state index contributed by atoms with van der Waals surface area (Å²) < 4.78 is 11.1. The molecule has 0 aromatic carbocycles. The van der Waals surface area contributed by atoms with Crippen LogP contribution in [0.4, 0.5) is 0 Å². The van der Waals surface area contributed by atoms with E-state index >= 15 is 0 Å². The fourth-order valence-electron chi connectivity index (χ4n) is 4.69.